The third kappa shape index (κ3) is 4.25. The van der Waals surface area contributed by atoms with Gasteiger partial charge in [0.1, 0.15) is 0 Å². The first-order valence-corrected chi connectivity index (χ1v) is 9.99. The molecular formula is C21H26N2OS. The molecule has 3 rings (SSSR count). The summed E-state index contributed by atoms with van der Waals surface area (Å²) in [4.78, 5) is 18.7. The van der Waals surface area contributed by atoms with Crippen molar-refractivity contribution in [1.82, 2.24) is 9.80 Å². The largest absolute Gasteiger partial charge is 0.329 e. The molecule has 25 heavy (non-hydrogen) atoms. The number of carbonyl (C=O) groups is 1. The molecule has 0 aliphatic carbocycles. The van der Waals surface area contributed by atoms with E-state index in [4.69, 9.17) is 0 Å². The summed E-state index contributed by atoms with van der Waals surface area (Å²) in [5.41, 5.74) is 2.47. The van der Waals surface area contributed by atoms with Crippen molar-refractivity contribution >= 4 is 17.7 Å². The number of hydrogen-bond acceptors (Lipinski definition) is 3. The van der Waals surface area contributed by atoms with Gasteiger partial charge in [0.25, 0.3) is 0 Å². The van der Waals surface area contributed by atoms with Gasteiger partial charge < -0.3 is 4.90 Å². The molecular weight excluding hydrogens is 328 g/mol. The van der Waals surface area contributed by atoms with Gasteiger partial charge in [-0.2, -0.15) is 0 Å². The molecule has 0 radical (unpaired) electrons. The van der Waals surface area contributed by atoms with Crippen LogP contribution in [0.3, 0.4) is 0 Å². The van der Waals surface area contributed by atoms with Gasteiger partial charge in [-0.1, -0.05) is 62.4 Å². The molecule has 0 bridgehead atoms. The summed E-state index contributed by atoms with van der Waals surface area (Å²) in [6.45, 7) is 7.19. The van der Waals surface area contributed by atoms with Crippen LogP contribution < -0.4 is 0 Å². The minimum Gasteiger partial charge on any atom is -0.329 e. The zero-order chi connectivity index (χ0) is 17.6. The summed E-state index contributed by atoms with van der Waals surface area (Å²) in [5.74, 6) is 1.11. The second-order valence-corrected chi connectivity index (χ2v) is 7.39. The number of carbonyl (C=O) groups excluding carboxylic acids is 1. The zero-order valence-corrected chi connectivity index (χ0v) is 15.8. The van der Waals surface area contributed by atoms with E-state index in [2.05, 4.69) is 72.2 Å². The highest BCUT2D eigenvalue weighted by atomic mass is 32.2. The maximum absolute atomic E-state index is 13.1. The number of nitrogens with zero attached hydrogens (tertiary/aromatic N) is 2. The molecule has 4 heteroatoms. The number of benzene rings is 2. The number of hydrogen-bond donors (Lipinski definition) is 0. The normalized spacial score (nSPS) is 17.2. The molecule has 2 aromatic carbocycles. The van der Waals surface area contributed by atoms with E-state index in [1.165, 1.54) is 16.0 Å². The van der Waals surface area contributed by atoms with E-state index < -0.39 is 0 Å². The van der Waals surface area contributed by atoms with Crippen molar-refractivity contribution in [3.05, 3.63) is 65.7 Å². The first kappa shape index (κ1) is 18.0. The van der Waals surface area contributed by atoms with Gasteiger partial charge in [-0.25, -0.2) is 0 Å². The molecule has 0 saturated carbocycles. The first-order valence-electron chi connectivity index (χ1n) is 9.00. The van der Waals surface area contributed by atoms with Crippen molar-refractivity contribution in [1.29, 1.82) is 0 Å². The summed E-state index contributed by atoms with van der Waals surface area (Å²) in [7, 11) is 0. The van der Waals surface area contributed by atoms with Crippen molar-refractivity contribution < 1.29 is 4.79 Å². The van der Waals surface area contributed by atoms with Gasteiger partial charge in [-0.3, -0.25) is 9.69 Å². The van der Waals surface area contributed by atoms with Crippen LogP contribution in [-0.4, -0.2) is 41.1 Å². The van der Waals surface area contributed by atoms with Crippen LogP contribution >= 0.6 is 11.8 Å². The maximum Gasteiger partial charge on any atom is 0.237 e. The number of thioether (sulfide) groups is 1. The van der Waals surface area contributed by atoms with E-state index in [0.29, 0.717) is 13.1 Å². The molecule has 0 aromatic heterocycles. The molecule has 0 saturated heterocycles. The highest BCUT2D eigenvalue weighted by Gasteiger charge is 2.29. The van der Waals surface area contributed by atoms with Gasteiger partial charge in [0.05, 0.1) is 12.6 Å². The van der Waals surface area contributed by atoms with E-state index in [-0.39, 0.29) is 11.9 Å². The molecule has 0 N–H and O–H groups in total. The fourth-order valence-electron chi connectivity index (χ4n) is 3.27. The highest BCUT2D eigenvalue weighted by Crippen LogP contribution is 2.36. The average molecular weight is 355 g/mol. The molecule has 0 spiro atoms. The van der Waals surface area contributed by atoms with Crippen LogP contribution in [0, 0.1) is 0 Å². The van der Waals surface area contributed by atoms with E-state index in [1.54, 1.807) is 0 Å². The summed E-state index contributed by atoms with van der Waals surface area (Å²) >= 11 is 1.86. The lowest BCUT2D eigenvalue weighted by Gasteiger charge is -2.32. The van der Waals surface area contributed by atoms with Crippen LogP contribution in [0.2, 0.25) is 0 Å². The molecule has 132 valence electrons. The number of likely N-dealkylation sites (N-methyl/N-ethyl adjacent to an activating group) is 1. The molecule has 1 amide bonds. The Balaban J connectivity index is 1.91. The second-order valence-electron chi connectivity index (χ2n) is 6.33. The maximum atomic E-state index is 13.1. The van der Waals surface area contributed by atoms with Gasteiger partial charge in [0, 0.05) is 17.2 Å². The summed E-state index contributed by atoms with van der Waals surface area (Å²) in [5, 5.41) is 0. The molecule has 0 fully saturated rings. The van der Waals surface area contributed by atoms with Crippen LogP contribution in [0.1, 0.15) is 31.0 Å². The standard InChI is InChI=1S/C21H26N2OS/c1-3-22(4-2)15-21(24)23-14-18-12-8-9-13-20(18)25-16-19(23)17-10-6-5-7-11-17/h5-13,19H,3-4,14-16H2,1-2H3. The molecule has 2 aromatic rings. The Labute approximate surface area is 155 Å². The van der Waals surface area contributed by atoms with Gasteiger partial charge >= 0.3 is 0 Å². The van der Waals surface area contributed by atoms with Crippen molar-refractivity contribution in [3.63, 3.8) is 0 Å². The Morgan fingerprint density at radius 1 is 1.08 bits per heavy atom. The van der Waals surface area contributed by atoms with Crippen molar-refractivity contribution in [2.45, 2.75) is 31.3 Å². The fraction of sp³-hybridized carbons (Fsp3) is 0.381. The van der Waals surface area contributed by atoms with Crippen molar-refractivity contribution in [3.8, 4) is 0 Å². The second kappa shape index (κ2) is 8.54. The van der Waals surface area contributed by atoms with Crippen LogP contribution in [0.25, 0.3) is 0 Å². The third-order valence-electron chi connectivity index (χ3n) is 4.84. The minimum absolute atomic E-state index is 0.113. The Bertz CT molecular complexity index is 700. The Morgan fingerprint density at radius 2 is 1.76 bits per heavy atom. The minimum atomic E-state index is 0.113. The van der Waals surface area contributed by atoms with E-state index in [0.717, 1.165) is 18.8 Å². The lowest BCUT2D eigenvalue weighted by atomic mass is 10.1. The summed E-state index contributed by atoms with van der Waals surface area (Å²) in [6, 6.07) is 19.0. The molecule has 1 aliphatic heterocycles. The smallest absolute Gasteiger partial charge is 0.237 e. The predicted molar refractivity (Wildman–Crippen MR) is 105 cm³/mol. The first-order chi connectivity index (χ1) is 12.2. The van der Waals surface area contributed by atoms with Gasteiger partial charge in [-0.05, 0) is 30.3 Å². The Hall–Kier alpha value is -1.78. The highest BCUT2D eigenvalue weighted by molar-refractivity contribution is 7.99. The molecule has 1 unspecified atom stereocenters. The molecule has 1 heterocycles. The summed E-state index contributed by atoms with van der Waals surface area (Å²) in [6.07, 6.45) is 0. The predicted octanol–water partition coefficient (Wildman–Crippen LogP) is 4.20. The fourth-order valence-corrected chi connectivity index (χ4v) is 4.47. The molecule has 1 atom stereocenters. The SMILES string of the molecule is CCN(CC)CC(=O)N1Cc2ccccc2SCC1c1ccccc1. The van der Waals surface area contributed by atoms with Gasteiger partial charge in [-0.15, -0.1) is 11.8 Å². The van der Waals surface area contributed by atoms with Crippen LogP contribution in [-0.2, 0) is 11.3 Å². The van der Waals surface area contributed by atoms with E-state index in [1.807, 2.05) is 17.8 Å². The van der Waals surface area contributed by atoms with E-state index >= 15 is 0 Å². The monoisotopic (exact) mass is 354 g/mol. The molecule has 1 aliphatic rings. The van der Waals surface area contributed by atoms with E-state index in [9.17, 15) is 4.79 Å². The quantitative estimate of drug-likeness (QED) is 0.804. The summed E-state index contributed by atoms with van der Waals surface area (Å²) < 4.78 is 0. The third-order valence-corrected chi connectivity index (χ3v) is 6.04. The topological polar surface area (TPSA) is 23.6 Å². The van der Waals surface area contributed by atoms with Gasteiger partial charge in [0.2, 0.25) is 5.91 Å². The number of amides is 1. The van der Waals surface area contributed by atoms with Crippen LogP contribution in [0.5, 0.6) is 0 Å². The van der Waals surface area contributed by atoms with Crippen LogP contribution in [0.4, 0.5) is 0 Å². The van der Waals surface area contributed by atoms with Crippen molar-refractivity contribution in [2.24, 2.45) is 0 Å². The Kier molecular flexibility index (Phi) is 6.16. The Morgan fingerprint density at radius 3 is 2.48 bits per heavy atom. The van der Waals surface area contributed by atoms with Crippen molar-refractivity contribution in [2.75, 3.05) is 25.4 Å². The lowest BCUT2D eigenvalue weighted by molar-refractivity contribution is -0.135. The molecule has 3 nitrogen and oxygen atoms in total. The number of rotatable bonds is 5. The van der Waals surface area contributed by atoms with Gasteiger partial charge in [0.15, 0.2) is 0 Å². The lowest BCUT2D eigenvalue weighted by Crippen LogP contribution is -2.42. The van der Waals surface area contributed by atoms with Crippen LogP contribution in [0.15, 0.2) is 59.5 Å². The average Bonchev–Trinajstić information content (AvgIpc) is 2.86. The zero-order valence-electron chi connectivity index (χ0n) is 15.0. The number of fused-ring (bicyclic) bond motifs is 1.